The van der Waals surface area contributed by atoms with E-state index in [1.807, 2.05) is 29.1 Å². The van der Waals surface area contributed by atoms with Crippen molar-refractivity contribution in [1.82, 2.24) is 15.3 Å². The first kappa shape index (κ1) is 19.4. The van der Waals surface area contributed by atoms with Gasteiger partial charge in [-0.15, -0.1) is 46.4 Å². The van der Waals surface area contributed by atoms with E-state index in [1.54, 1.807) is 34.0 Å². The predicted octanol–water partition coefficient (Wildman–Crippen LogP) is 4.40. The van der Waals surface area contributed by atoms with Crippen LogP contribution in [0.5, 0.6) is 0 Å². The molecule has 3 aromatic rings. The summed E-state index contributed by atoms with van der Waals surface area (Å²) in [6, 6.07) is 4.06. The lowest BCUT2D eigenvalue weighted by molar-refractivity contribution is -0.115. The molecule has 9 heteroatoms. The fraction of sp³-hybridized carbons (Fsp3) is 0.353. The summed E-state index contributed by atoms with van der Waals surface area (Å²) in [6.07, 6.45) is 4.47. The van der Waals surface area contributed by atoms with Crippen LogP contribution in [0, 0.1) is 0 Å². The Morgan fingerprint density at radius 2 is 2.15 bits per heavy atom. The van der Waals surface area contributed by atoms with Crippen molar-refractivity contribution in [2.24, 2.45) is 0 Å². The first-order chi connectivity index (χ1) is 12.3. The van der Waals surface area contributed by atoms with E-state index in [2.05, 4.69) is 20.6 Å². The fourth-order valence-corrected chi connectivity index (χ4v) is 5.50. The fourth-order valence-electron chi connectivity index (χ4n) is 2.87. The van der Waals surface area contributed by atoms with Crippen LogP contribution in [-0.4, -0.2) is 29.0 Å². The van der Waals surface area contributed by atoms with Gasteiger partial charge in [0.2, 0.25) is 5.91 Å². The van der Waals surface area contributed by atoms with E-state index >= 15 is 0 Å². The number of hydrogen-bond acceptors (Lipinski definition) is 7. The standard InChI is InChI=1S/C17H18N4OS3.ClH/c22-15(8-12-10-24-16(20-12)13-2-1-7-23-13)21-17-19-9-14(25-17)11-3-5-18-6-4-11;/h1-2,7,9-11,18H,3-6,8H2,(H,19,21,22);1H. The normalized spacial score (nSPS) is 14.8. The number of thiazole rings is 2. The Labute approximate surface area is 170 Å². The second-order valence-corrected chi connectivity index (χ2v) is 8.81. The van der Waals surface area contributed by atoms with Gasteiger partial charge in [-0.1, -0.05) is 6.07 Å². The highest BCUT2D eigenvalue weighted by Crippen LogP contribution is 2.32. The number of nitrogens with one attached hydrogen (secondary N) is 2. The molecule has 4 heterocycles. The molecule has 4 rings (SSSR count). The lowest BCUT2D eigenvalue weighted by Gasteiger charge is -2.20. The third kappa shape index (κ3) is 4.69. The number of piperidine rings is 1. The molecule has 1 fully saturated rings. The van der Waals surface area contributed by atoms with Crippen molar-refractivity contribution in [3.63, 3.8) is 0 Å². The van der Waals surface area contributed by atoms with Gasteiger partial charge in [0, 0.05) is 16.5 Å². The van der Waals surface area contributed by atoms with E-state index in [-0.39, 0.29) is 24.7 Å². The average molecular weight is 427 g/mol. The molecule has 2 N–H and O–H groups in total. The maximum absolute atomic E-state index is 12.3. The van der Waals surface area contributed by atoms with Gasteiger partial charge in [-0.25, -0.2) is 9.97 Å². The molecule has 0 saturated carbocycles. The van der Waals surface area contributed by atoms with Crippen LogP contribution in [0.15, 0.2) is 29.1 Å². The number of nitrogens with zero attached hydrogens (tertiary/aromatic N) is 2. The number of anilines is 1. The van der Waals surface area contributed by atoms with Crippen LogP contribution in [0.4, 0.5) is 5.13 Å². The van der Waals surface area contributed by atoms with Gasteiger partial charge in [-0.2, -0.15) is 0 Å². The molecule has 0 radical (unpaired) electrons. The molecular formula is C17H19ClN4OS3. The van der Waals surface area contributed by atoms with Crippen LogP contribution in [0.2, 0.25) is 0 Å². The van der Waals surface area contributed by atoms with Gasteiger partial charge in [-0.05, 0) is 43.3 Å². The van der Waals surface area contributed by atoms with E-state index in [9.17, 15) is 4.79 Å². The smallest absolute Gasteiger partial charge is 0.232 e. The molecular weight excluding hydrogens is 408 g/mol. The molecule has 1 aliphatic heterocycles. The highest BCUT2D eigenvalue weighted by atomic mass is 35.5. The molecule has 0 atom stereocenters. The quantitative estimate of drug-likeness (QED) is 0.634. The van der Waals surface area contributed by atoms with Crippen molar-refractivity contribution in [3.8, 4) is 9.88 Å². The maximum atomic E-state index is 12.3. The summed E-state index contributed by atoms with van der Waals surface area (Å²) in [4.78, 5) is 23.6. The third-order valence-corrected chi connectivity index (χ3v) is 7.14. The molecule has 1 aliphatic rings. The van der Waals surface area contributed by atoms with Crippen LogP contribution in [-0.2, 0) is 11.2 Å². The number of aromatic nitrogens is 2. The Morgan fingerprint density at radius 1 is 1.31 bits per heavy atom. The van der Waals surface area contributed by atoms with Gasteiger partial charge in [0.1, 0.15) is 5.01 Å². The summed E-state index contributed by atoms with van der Waals surface area (Å²) in [5.41, 5.74) is 0.807. The molecule has 0 unspecified atom stereocenters. The minimum atomic E-state index is -0.0609. The molecule has 3 aromatic heterocycles. The molecule has 5 nitrogen and oxygen atoms in total. The van der Waals surface area contributed by atoms with Crippen molar-refractivity contribution in [3.05, 3.63) is 39.7 Å². The van der Waals surface area contributed by atoms with Crippen molar-refractivity contribution in [2.45, 2.75) is 25.2 Å². The Hall–Kier alpha value is -1.32. The summed E-state index contributed by atoms with van der Waals surface area (Å²) >= 11 is 4.84. The van der Waals surface area contributed by atoms with Gasteiger partial charge in [0.25, 0.3) is 0 Å². The summed E-state index contributed by atoms with van der Waals surface area (Å²) < 4.78 is 0. The zero-order valence-electron chi connectivity index (χ0n) is 13.9. The topological polar surface area (TPSA) is 66.9 Å². The molecule has 0 spiro atoms. The number of halogens is 1. The summed E-state index contributed by atoms with van der Waals surface area (Å²) in [5, 5.41) is 11.9. The van der Waals surface area contributed by atoms with Gasteiger partial charge >= 0.3 is 0 Å². The first-order valence-electron chi connectivity index (χ1n) is 8.22. The number of rotatable bonds is 5. The number of amides is 1. The number of carbonyl (C=O) groups is 1. The molecule has 0 aliphatic carbocycles. The largest absolute Gasteiger partial charge is 0.317 e. The second kappa shape index (κ2) is 9.05. The van der Waals surface area contributed by atoms with E-state index in [0.29, 0.717) is 11.0 Å². The van der Waals surface area contributed by atoms with E-state index < -0.39 is 0 Å². The minimum absolute atomic E-state index is 0. The Morgan fingerprint density at radius 3 is 2.92 bits per heavy atom. The molecule has 0 aromatic carbocycles. The van der Waals surface area contributed by atoms with Crippen molar-refractivity contribution >= 4 is 57.5 Å². The molecule has 138 valence electrons. The molecule has 0 bridgehead atoms. The van der Waals surface area contributed by atoms with Gasteiger partial charge in [-0.3, -0.25) is 4.79 Å². The average Bonchev–Trinajstić information content (AvgIpc) is 3.37. The zero-order valence-corrected chi connectivity index (χ0v) is 17.2. The predicted molar refractivity (Wildman–Crippen MR) is 112 cm³/mol. The SMILES string of the molecule is Cl.O=C(Cc1csc(-c2cccs2)n1)Nc1ncc(C2CCNCC2)s1. The van der Waals surface area contributed by atoms with E-state index in [1.165, 1.54) is 4.88 Å². The number of carbonyl (C=O) groups excluding carboxylic acids is 1. The minimum Gasteiger partial charge on any atom is -0.317 e. The highest BCUT2D eigenvalue weighted by Gasteiger charge is 2.18. The highest BCUT2D eigenvalue weighted by molar-refractivity contribution is 7.20. The summed E-state index contributed by atoms with van der Waals surface area (Å²) in [6.45, 7) is 2.11. The molecule has 1 saturated heterocycles. The number of thiophene rings is 1. The third-order valence-electron chi connectivity index (χ3n) is 4.14. The van der Waals surface area contributed by atoms with Crippen LogP contribution < -0.4 is 10.6 Å². The Bertz CT molecular complexity index is 840. The lowest BCUT2D eigenvalue weighted by atomic mass is 9.97. The van der Waals surface area contributed by atoms with Crippen LogP contribution in [0.1, 0.15) is 29.3 Å². The van der Waals surface area contributed by atoms with E-state index in [0.717, 1.165) is 41.5 Å². The van der Waals surface area contributed by atoms with Crippen LogP contribution >= 0.6 is 46.4 Å². The van der Waals surface area contributed by atoms with Crippen molar-refractivity contribution < 1.29 is 4.79 Å². The summed E-state index contributed by atoms with van der Waals surface area (Å²) in [7, 11) is 0. The summed E-state index contributed by atoms with van der Waals surface area (Å²) in [5.74, 6) is 0.505. The van der Waals surface area contributed by atoms with Crippen molar-refractivity contribution in [2.75, 3.05) is 18.4 Å². The van der Waals surface area contributed by atoms with Gasteiger partial charge < -0.3 is 10.6 Å². The lowest BCUT2D eigenvalue weighted by Crippen LogP contribution is -2.26. The van der Waals surface area contributed by atoms with Crippen LogP contribution in [0.3, 0.4) is 0 Å². The van der Waals surface area contributed by atoms with Gasteiger partial charge in [0.05, 0.1) is 17.0 Å². The first-order valence-corrected chi connectivity index (χ1v) is 10.8. The Balaban J connectivity index is 0.00000196. The zero-order chi connectivity index (χ0) is 17.1. The number of hydrogen-bond donors (Lipinski definition) is 2. The van der Waals surface area contributed by atoms with Crippen molar-refractivity contribution in [1.29, 1.82) is 0 Å². The monoisotopic (exact) mass is 426 g/mol. The van der Waals surface area contributed by atoms with E-state index in [4.69, 9.17) is 0 Å². The Kier molecular flexibility index (Phi) is 6.77. The second-order valence-electron chi connectivity index (χ2n) is 5.94. The molecule has 1 amide bonds. The van der Waals surface area contributed by atoms with Gasteiger partial charge in [0.15, 0.2) is 5.13 Å². The maximum Gasteiger partial charge on any atom is 0.232 e. The molecule has 26 heavy (non-hydrogen) atoms. The van der Waals surface area contributed by atoms with Crippen LogP contribution in [0.25, 0.3) is 9.88 Å².